The number of fused-ring (bicyclic) bond motifs is 1. The van der Waals surface area contributed by atoms with Crippen LogP contribution in [-0.2, 0) is 0 Å². The molecule has 0 saturated carbocycles. The SMILES string of the molecule is CC(C)CSCC(O)c1cc2cc(F)ccc2o1. The smallest absolute Gasteiger partial charge is 0.134 e. The van der Waals surface area contributed by atoms with Gasteiger partial charge in [0.25, 0.3) is 0 Å². The zero-order valence-electron chi connectivity index (χ0n) is 10.5. The molecule has 4 heteroatoms. The Hall–Kier alpha value is -1.00. The second kappa shape index (κ2) is 5.76. The van der Waals surface area contributed by atoms with Gasteiger partial charge in [-0.2, -0.15) is 11.8 Å². The van der Waals surface area contributed by atoms with Crippen molar-refractivity contribution in [2.75, 3.05) is 11.5 Å². The van der Waals surface area contributed by atoms with E-state index in [9.17, 15) is 9.50 Å². The van der Waals surface area contributed by atoms with E-state index >= 15 is 0 Å². The van der Waals surface area contributed by atoms with Crippen molar-refractivity contribution in [3.05, 3.63) is 35.8 Å². The van der Waals surface area contributed by atoms with Gasteiger partial charge in [-0.25, -0.2) is 4.39 Å². The Bertz CT molecular complexity index is 521. The number of halogens is 1. The van der Waals surface area contributed by atoms with Crippen LogP contribution in [0.4, 0.5) is 4.39 Å². The Morgan fingerprint density at radius 1 is 1.28 bits per heavy atom. The van der Waals surface area contributed by atoms with Gasteiger partial charge in [-0.3, -0.25) is 0 Å². The van der Waals surface area contributed by atoms with Crippen molar-refractivity contribution in [1.82, 2.24) is 0 Å². The van der Waals surface area contributed by atoms with Gasteiger partial charge < -0.3 is 9.52 Å². The topological polar surface area (TPSA) is 33.4 Å². The molecular formula is C14H17FO2S. The molecule has 1 N–H and O–H groups in total. The Morgan fingerprint density at radius 2 is 2.06 bits per heavy atom. The van der Waals surface area contributed by atoms with Crippen LogP contribution in [0.15, 0.2) is 28.7 Å². The minimum Gasteiger partial charge on any atom is -0.458 e. The standard InChI is InChI=1S/C14H17FO2S/c1-9(2)7-18-8-12(16)14-6-10-5-11(15)3-4-13(10)17-14/h3-6,9,12,16H,7-8H2,1-2H3. The predicted molar refractivity (Wildman–Crippen MR) is 73.3 cm³/mol. The first-order valence-corrected chi connectivity index (χ1v) is 7.16. The van der Waals surface area contributed by atoms with Crippen molar-refractivity contribution < 1.29 is 13.9 Å². The van der Waals surface area contributed by atoms with Crippen LogP contribution in [0.3, 0.4) is 0 Å². The summed E-state index contributed by atoms with van der Waals surface area (Å²) in [6.07, 6.45) is -0.635. The van der Waals surface area contributed by atoms with E-state index in [-0.39, 0.29) is 5.82 Å². The van der Waals surface area contributed by atoms with Gasteiger partial charge in [0.05, 0.1) is 0 Å². The van der Waals surface area contributed by atoms with Crippen molar-refractivity contribution >= 4 is 22.7 Å². The molecule has 0 radical (unpaired) electrons. The third-order valence-electron chi connectivity index (χ3n) is 2.55. The van der Waals surface area contributed by atoms with Gasteiger partial charge in [0.1, 0.15) is 23.3 Å². The van der Waals surface area contributed by atoms with Crippen LogP contribution in [0.1, 0.15) is 25.7 Å². The minimum absolute atomic E-state index is 0.293. The maximum Gasteiger partial charge on any atom is 0.134 e. The Labute approximate surface area is 110 Å². The molecule has 0 fully saturated rings. The van der Waals surface area contributed by atoms with Crippen LogP contribution < -0.4 is 0 Å². The van der Waals surface area contributed by atoms with Gasteiger partial charge in [-0.05, 0) is 35.9 Å². The van der Waals surface area contributed by atoms with E-state index in [1.165, 1.54) is 12.1 Å². The molecule has 0 aliphatic rings. The van der Waals surface area contributed by atoms with Gasteiger partial charge in [-0.15, -0.1) is 0 Å². The molecule has 18 heavy (non-hydrogen) atoms. The molecule has 0 spiro atoms. The molecule has 1 aromatic heterocycles. The maximum atomic E-state index is 13.0. The third kappa shape index (κ3) is 3.27. The van der Waals surface area contributed by atoms with Crippen molar-refractivity contribution in [3.63, 3.8) is 0 Å². The summed E-state index contributed by atoms with van der Waals surface area (Å²) in [5, 5.41) is 10.7. The Morgan fingerprint density at radius 3 is 2.78 bits per heavy atom. The number of aliphatic hydroxyl groups is 1. The number of hydrogen-bond donors (Lipinski definition) is 1. The monoisotopic (exact) mass is 268 g/mol. The third-order valence-corrected chi connectivity index (χ3v) is 4.01. The number of hydrogen-bond acceptors (Lipinski definition) is 3. The Kier molecular flexibility index (Phi) is 4.30. The van der Waals surface area contributed by atoms with Gasteiger partial charge in [0, 0.05) is 11.1 Å². The summed E-state index contributed by atoms with van der Waals surface area (Å²) in [6, 6.07) is 6.06. The van der Waals surface area contributed by atoms with Crippen molar-refractivity contribution in [2.24, 2.45) is 5.92 Å². The van der Waals surface area contributed by atoms with Gasteiger partial charge in [0.2, 0.25) is 0 Å². The first-order valence-electron chi connectivity index (χ1n) is 6.01. The molecule has 0 amide bonds. The van der Waals surface area contributed by atoms with Crippen LogP contribution in [0.2, 0.25) is 0 Å². The van der Waals surface area contributed by atoms with Crippen molar-refractivity contribution in [1.29, 1.82) is 0 Å². The molecule has 0 bridgehead atoms. The molecule has 2 nitrogen and oxygen atoms in total. The highest BCUT2D eigenvalue weighted by atomic mass is 32.2. The maximum absolute atomic E-state index is 13.0. The molecule has 2 aromatic rings. The number of aliphatic hydroxyl groups excluding tert-OH is 1. The molecule has 1 atom stereocenters. The van der Waals surface area contributed by atoms with Gasteiger partial charge in [-0.1, -0.05) is 13.8 Å². The summed E-state index contributed by atoms with van der Waals surface area (Å²) in [6.45, 7) is 4.28. The summed E-state index contributed by atoms with van der Waals surface area (Å²) >= 11 is 1.69. The average Bonchev–Trinajstić information content (AvgIpc) is 2.71. The van der Waals surface area contributed by atoms with Crippen LogP contribution in [0.5, 0.6) is 0 Å². The predicted octanol–water partition coefficient (Wildman–Crippen LogP) is 3.99. The average molecular weight is 268 g/mol. The molecule has 2 rings (SSSR count). The summed E-state index contributed by atoms with van der Waals surface area (Å²) in [5.74, 6) is 2.42. The summed E-state index contributed by atoms with van der Waals surface area (Å²) in [4.78, 5) is 0. The normalized spacial score (nSPS) is 13.4. The highest BCUT2D eigenvalue weighted by Crippen LogP contribution is 2.27. The second-order valence-electron chi connectivity index (χ2n) is 4.78. The van der Waals surface area contributed by atoms with E-state index in [1.54, 1.807) is 23.9 Å². The summed E-state index contributed by atoms with van der Waals surface area (Å²) < 4.78 is 18.5. The number of thioether (sulfide) groups is 1. The molecular weight excluding hydrogens is 251 g/mol. The Balaban J connectivity index is 2.06. The number of benzene rings is 1. The fourth-order valence-electron chi connectivity index (χ4n) is 1.70. The lowest BCUT2D eigenvalue weighted by Crippen LogP contribution is -2.01. The van der Waals surface area contributed by atoms with Crippen molar-refractivity contribution in [2.45, 2.75) is 20.0 Å². The van der Waals surface area contributed by atoms with Crippen LogP contribution in [-0.4, -0.2) is 16.6 Å². The number of furan rings is 1. The number of rotatable bonds is 5. The van der Waals surface area contributed by atoms with E-state index in [2.05, 4.69) is 13.8 Å². The van der Waals surface area contributed by atoms with E-state index in [0.717, 1.165) is 5.75 Å². The van der Waals surface area contributed by atoms with Crippen LogP contribution in [0, 0.1) is 11.7 Å². The lowest BCUT2D eigenvalue weighted by Gasteiger charge is -2.08. The van der Waals surface area contributed by atoms with E-state index in [1.807, 2.05) is 0 Å². The fraction of sp³-hybridized carbons (Fsp3) is 0.429. The first-order chi connectivity index (χ1) is 8.56. The molecule has 0 aliphatic heterocycles. The highest BCUT2D eigenvalue weighted by Gasteiger charge is 2.14. The fourth-order valence-corrected chi connectivity index (χ4v) is 2.69. The molecule has 98 valence electrons. The minimum atomic E-state index is -0.635. The van der Waals surface area contributed by atoms with Crippen molar-refractivity contribution in [3.8, 4) is 0 Å². The second-order valence-corrected chi connectivity index (χ2v) is 5.85. The summed E-state index contributed by atoms with van der Waals surface area (Å²) in [5.41, 5.74) is 0.610. The lowest BCUT2D eigenvalue weighted by atomic mass is 10.2. The molecule has 0 aliphatic carbocycles. The van der Waals surface area contributed by atoms with Gasteiger partial charge in [0.15, 0.2) is 0 Å². The molecule has 1 unspecified atom stereocenters. The van der Waals surface area contributed by atoms with Gasteiger partial charge >= 0.3 is 0 Å². The zero-order chi connectivity index (χ0) is 13.1. The largest absolute Gasteiger partial charge is 0.458 e. The van der Waals surface area contributed by atoms with Crippen LogP contribution in [0.25, 0.3) is 11.0 Å². The summed E-state index contributed by atoms with van der Waals surface area (Å²) in [7, 11) is 0. The van der Waals surface area contributed by atoms with E-state index in [0.29, 0.717) is 28.4 Å². The van der Waals surface area contributed by atoms with Crippen LogP contribution >= 0.6 is 11.8 Å². The van der Waals surface area contributed by atoms with E-state index < -0.39 is 6.10 Å². The highest BCUT2D eigenvalue weighted by molar-refractivity contribution is 7.99. The molecule has 1 aromatic carbocycles. The zero-order valence-corrected chi connectivity index (χ0v) is 11.3. The first kappa shape index (κ1) is 13.4. The quantitative estimate of drug-likeness (QED) is 0.890. The molecule has 1 heterocycles. The molecule has 0 saturated heterocycles. The van der Waals surface area contributed by atoms with E-state index in [4.69, 9.17) is 4.42 Å². The lowest BCUT2D eigenvalue weighted by molar-refractivity contribution is 0.176.